The maximum absolute atomic E-state index is 13.9. The Labute approximate surface area is 264 Å². The van der Waals surface area contributed by atoms with Crippen LogP contribution in [-0.4, -0.2) is 105 Å². The van der Waals surface area contributed by atoms with Gasteiger partial charge in [-0.3, -0.25) is 0 Å². The van der Waals surface area contributed by atoms with E-state index in [-0.39, 0.29) is 19.3 Å². The highest BCUT2D eigenvalue weighted by Gasteiger charge is 2.95. The van der Waals surface area contributed by atoms with Crippen molar-refractivity contribution in [2.45, 2.75) is 136 Å². The largest absolute Gasteiger partial charge is 0.460 e. The normalized spacial score (nSPS) is 23.0. The number of alkyl halides is 17. The van der Waals surface area contributed by atoms with Gasteiger partial charge in [0.2, 0.25) is 0 Å². The van der Waals surface area contributed by atoms with Gasteiger partial charge in [0.25, 0.3) is 0 Å². The topological polar surface area (TPSA) is 116 Å². The average molecular weight is 764 g/mol. The Hall–Kier alpha value is -2.18. The highest BCUT2D eigenvalue weighted by Crippen LogP contribution is 2.64. The molecule has 0 radical (unpaired) electrons. The third-order valence-corrected chi connectivity index (χ3v) is 7.26. The van der Waals surface area contributed by atoms with Crippen LogP contribution >= 0.6 is 0 Å². The molecule has 1 fully saturated rings. The van der Waals surface area contributed by atoms with Crippen LogP contribution in [0, 0.1) is 0 Å². The lowest BCUT2D eigenvalue weighted by atomic mass is 9.87. The minimum absolute atomic E-state index is 0.0884. The smallest absolute Gasteiger partial charge is 0.433 e. The summed E-state index contributed by atoms with van der Waals surface area (Å²) in [6.45, 7) is 0. The summed E-state index contributed by atoms with van der Waals surface area (Å²) in [6, 6.07) is 0. The first-order chi connectivity index (χ1) is 21.9. The first-order valence-electron chi connectivity index (χ1n) is 13.8. The molecule has 0 bridgehead atoms. The summed E-state index contributed by atoms with van der Waals surface area (Å²) in [5, 5.41) is 38.0. The third-order valence-electron chi connectivity index (χ3n) is 7.26. The molecule has 0 aromatic carbocycles. The first kappa shape index (κ1) is 44.8. The summed E-state index contributed by atoms with van der Waals surface area (Å²) in [7, 11) is 0. The van der Waals surface area contributed by atoms with Crippen molar-refractivity contribution in [3.05, 3.63) is 12.3 Å². The molecule has 24 heteroatoms. The minimum atomic E-state index is -8.64. The minimum Gasteiger partial charge on any atom is -0.433 e. The molecule has 7 nitrogen and oxygen atoms in total. The van der Waals surface area contributed by atoms with Crippen LogP contribution in [0.2, 0.25) is 0 Å². The van der Waals surface area contributed by atoms with Crippen molar-refractivity contribution in [2.24, 2.45) is 0 Å². The third kappa shape index (κ3) is 8.66. The lowest BCUT2D eigenvalue weighted by Gasteiger charge is -2.42. The summed E-state index contributed by atoms with van der Waals surface area (Å²) in [5.41, 5.74) is 0. The second-order valence-electron chi connectivity index (χ2n) is 10.9. The van der Waals surface area contributed by atoms with E-state index in [4.69, 9.17) is 0 Å². The van der Waals surface area contributed by atoms with Gasteiger partial charge < -0.3 is 29.9 Å². The molecule has 0 aromatic rings. The van der Waals surface area contributed by atoms with E-state index >= 15 is 0 Å². The van der Waals surface area contributed by atoms with E-state index in [9.17, 15) is 99.9 Å². The highest BCUT2D eigenvalue weighted by molar-refractivity contribution is 5.75. The van der Waals surface area contributed by atoms with Gasteiger partial charge in [0.05, 0.1) is 6.26 Å². The molecule has 49 heavy (non-hydrogen) atoms. The van der Waals surface area contributed by atoms with Gasteiger partial charge in [0.15, 0.2) is 12.4 Å². The van der Waals surface area contributed by atoms with Gasteiger partial charge in [-0.25, -0.2) is 4.79 Å². The quantitative estimate of drug-likeness (QED) is 0.0524. The first-order valence-corrected chi connectivity index (χ1v) is 13.8. The summed E-state index contributed by atoms with van der Waals surface area (Å²) < 4.78 is 235. The van der Waals surface area contributed by atoms with E-state index in [0.29, 0.717) is 19.3 Å². The number of hydrogen-bond donors (Lipinski definition) is 4. The number of halogens is 17. The number of unbranched alkanes of at least 4 members (excludes halogenated alkanes) is 7. The van der Waals surface area contributed by atoms with Crippen LogP contribution in [0.4, 0.5) is 74.6 Å². The fourth-order valence-electron chi connectivity index (χ4n) is 4.18. The molecule has 0 unspecified atom stereocenters. The Morgan fingerprint density at radius 2 is 1.02 bits per heavy atom. The number of ether oxygens (including phenoxy) is 2. The summed E-state index contributed by atoms with van der Waals surface area (Å²) in [4.78, 5) is 11.7. The Morgan fingerprint density at radius 1 is 0.612 bits per heavy atom. The molecule has 4 N–H and O–H groups in total. The van der Waals surface area contributed by atoms with E-state index in [1.54, 1.807) is 0 Å². The fraction of sp³-hybridized carbons (Fsp3) is 0.880. The molecule has 1 heterocycles. The van der Waals surface area contributed by atoms with Crippen molar-refractivity contribution in [2.75, 3.05) is 0 Å². The Balaban J connectivity index is 2.57. The van der Waals surface area contributed by atoms with Crippen LogP contribution in [0.25, 0.3) is 0 Å². The van der Waals surface area contributed by atoms with E-state index in [2.05, 4.69) is 9.47 Å². The number of hydrogen-bond acceptors (Lipinski definition) is 7. The van der Waals surface area contributed by atoms with Crippen LogP contribution < -0.4 is 0 Å². The molecular weight excluding hydrogens is 735 g/mol. The Morgan fingerprint density at radius 3 is 1.45 bits per heavy atom. The second-order valence-corrected chi connectivity index (χ2v) is 10.9. The number of carbonyl (C=O) groups is 1. The maximum Gasteiger partial charge on any atom is 0.460 e. The molecule has 1 rings (SSSR count). The summed E-state index contributed by atoms with van der Waals surface area (Å²) >= 11 is 0. The van der Waals surface area contributed by atoms with Crippen molar-refractivity contribution in [1.82, 2.24) is 0 Å². The number of allylic oxidation sites excluding steroid dienone is 1. The zero-order valence-corrected chi connectivity index (χ0v) is 24.3. The van der Waals surface area contributed by atoms with Crippen LogP contribution in [0.1, 0.15) is 57.8 Å². The highest BCUT2D eigenvalue weighted by atomic mass is 19.4. The van der Waals surface area contributed by atoms with Crippen LogP contribution in [0.15, 0.2) is 12.3 Å². The van der Waals surface area contributed by atoms with Crippen LogP contribution in [-0.2, 0) is 14.3 Å². The van der Waals surface area contributed by atoms with Crippen molar-refractivity contribution < 1.29 is 109 Å². The average Bonchev–Trinajstić information content (AvgIpc) is 3.22. The number of rotatable bonds is 19. The maximum atomic E-state index is 13.9. The van der Waals surface area contributed by atoms with E-state index in [1.165, 1.54) is 6.08 Å². The Kier molecular flexibility index (Phi) is 14.3. The van der Waals surface area contributed by atoms with Gasteiger partial charge in [-0.15, -0.1) is 0 Å². The lowest BCUT2D eigenvalue weighted by Crippen LogP contribution is -2.74. The van der Waals surface area contributed by atoms with Gasteiger partial charge in [0.1, 0.15) is 18.3 Å². The van der Waals surface area contributed by atoms with Gasteiger partial charge in [-0.05, 0) is 25.3 Å². The molecule has 290 valence electrons. The molecule has 0 aromatic heterocycles. The molecule has 0 spiro atoms. The van der Waals surface area contributed by atoms with E-state index in [1.807, 2.05) is 0 Å². The predicted octanol–water partition coefficient (Wildman–Crippen LogP) is 6.36. The monoisotopic (exact) mass is 764 g/mol. The molecular formula is C25H29F17O7. The molecule has 1 aliphatic rings. The summed E-state index contributed by atoms with van der Waals surface area (Å²) in [6.07, 6.45) is -17.6. The number of aliphatic hydroxyl groups is 4. The van der Waals surface area contributed by atoms with Gasteiger partial charge in [0, 0.05) is 6.42 Å². The zero-order chi connectivity index (χ0) is 38.7. The van der Waals surface area contributed by atoms with Crippen molar-refractivity contribution >= 4 is 5.97 Å². The van der Waals surface area contributed by atoms with E-state index in [0.717, 1.165) is 6.26 Å². The van der Waals surface area contributed by atoms with Gasteiger partial charge >= 0.3 is 53.6 Å². The number of esters is 1. The number of aliphatic hydroxyl groups excluding tert-OH is 4. The summed E-state index contributed by atoms with van der Waals surface area (Å²) in [5.74, 6) is -57.6. The van der Waals surface area contributed by atoms with Crippen molar-refractivity contribution in [3.63, 3.8) is 0 Å². The van der Waals surface area contributed by atoms with Gasteiger partial charge in [-0.2, -0.15) is 74.6 Å². The second kappa shape index (κ2) is 15.6. The molecule has 0 aliphatic carbocycles. The molecule has 1 saturated heterocycles. The fourth-order valence-corrected chi connectivity index (χ4v) is 4.18. The number of carbonyl (C=O) groups excluding carboxylic acids is 1. The predicted molar refractivity (Wildman–Crippen MR) is 126 cm³/mol. The lowest BCUT2D eigenvalue weighted by molar-refractivity contribution is -0.461. The zero-order valence-electron chi connectivity index (χ0n) is 24.3. The van der Waals surface area contributed by atoms with Crippen molar-refractivity contribution in [1.29, 1.82) is 0 Å². The molecule has 0 amide bonds. The van der Waals surface area contributed by atoms with Crippen molar-refractivity contribution in [3.8, 4) is 0 Å². The SMILES string of the molecule is O=C(OC=CCCCCCCCCCC(F)(F)C(F)(F)C(F)(F)C(F)(F)C(F)(F)C(F)(F)C(F)(F)C(F)(F)F)[C@@H](O)[C@H]1O[C@@H](O)[C@H](O)[C@H]1O. The molecule has 1 aliphatic heterocycles. The van der Waals surface area contributed by atoms with E-state index < -0.39 is 104 Å². The standard InChI is InChI=1S/C25H29F17O7/c26-18(27,19(28,29)20(30,31)21(32,33)22(34,35)23(36,37)24(38,39)25(40,41)42)10-8-6-4-2-1-3-5-7-9-11-48-16(46)14(45)15-12(43)13(44)17(47)49-15/h9,11-15,17,43-45,47H,1-8,10H2/t12-,13-,14+,15+,17-/m1/s1. The van der Waals surface area contributed by atoms with Gasteiger partial charge in [-0.1, -0.05) is 32.1 Å². The molecule has 5 atom stereocenters. The van der Waals surface area contributed by atoms with Crippen LogP contribution in [0.5, 0.6) is 0 Å². The van der Waals surface area contributed by atoms with Crippen LogP contribution in [0.3, 0.4) is 0 Å². The Bertz CT molecular complexity index is 1110. The molecule has 0 saturated carbocycles.